The average Bonchev–Trinajstić information content (AvgIpc) is 2.93. The van der Waals surface area contributed by atoms with Crippen LogP contribution in [0.3, 0.4) is 0 Å². The normalized spacial score (nSPS) is 26.1. The molecule has 0 saturated carbocycles. The van der Waals surface area contributed by atoms with Crippen LogP contribution in [-0.2, 0) is 5.66 Å². The number of aromatic nitrogens is 2. The third-order valence-electron chi connectivity index (χ3n) is 3.53. The summed E-state index contributed by atoms with van der Waals surface area (Å²) in [6, 6.07) is 8.15. The fourth-order valence-electron chi connectivity index (χ4n) is 2.76. The highest BCUT2D eigenvalue weighted by Gasteiger charge is 2.41. The van der Waals surface area contributed by atoms with Crippen molar-refractivity contribution in [1.29, 1.82) is 0 Å². The lowest BCUT2D eigenvalue weighted by Crippen LogP contribution is -2.42. The number of nitrogens with two attached hydrogens (primary N) is 1. The third-order valence-corrected chi connectivity index (χ3v) is 4.68. The summed E-state index contributed by atoms with van der Waals surface area (Å²) in [7, 11) is 0. The van der Waals surface area contributed by atoms with Gasteiger partial charge in [-0.05, 0) is 17.9 Å². The molecule has 1 spiro atoms. The van der Waals surface area contributed by atoms with Gasteiger partial charge in [-0.15, -0.1) is 0 Å². The molecule has 1 saturated heterocycles. The number of hydrogen-bond donors (Lipinski definition) is 2. The first-order chi connectivity index (χ1) is 8.78. The molecule has 2 aliphatic rings. The Balaban J connectivity index is 2.05. The first-order valence-electron chi connectivity index (χ1n) is 5.97. The van der Waals surface area contributed by atoms with Crippen molar-refractivity contribution in [2.24, 2.45) is 10.7 Å². The fourth-order valence-corrected chi connectivity index (χ4v) is 4.04. The number of para-hydroxylation sites is 2. The number of fused-ring (bicyclic) bond motifs is 4. The van der Waals surface area contributed by atoms with E-state index in [-0.39, 0.29) is 5.66 Å². The predicted octanol–water partition coefficient (Wildman–Crippen LogP) is 1.57. The van der Waals surface area contributed by atoms with Gasteiger partial charge in [-0.1, -0.05) is 12.1 Å². The van der Waals surface area contributed by atoms with Gasteiger partial charge in [0.2, 0.25) is 5.95 Å². The minimum Gasteiger partial charge on any atom is -0.370 e. The molecule has 1 unspecified atom stereocenters. The Hall–Kier alpha value is -1.69. The second-order valence-electron chi connectivity index (χ2n) is 4.67. The molecule has 0 aliphatic carbocycles. The molecule has 3 N–H and O–H groups in total. The van der Waals surface area contributed by atoms with Gasteiger partial charge >= 0.3 is 0 Å². The minimum atomic E-state index is -0.245. The number of guanidine groups is 1. The van der Waals surface area contributed by atoms with Gasteiger partial charge in [0.15, 0.2) is 11.6 Å². The number of nitrogens with zero attached hydrogens (tertiary/aromatic N) is 3. The van der Waals surface area contributed by atoms with E-state index in [1.165, 1.54) is 0 Å². The van der Waals surface area contributed by atoms with Crippen molar-refractivity contribution in [2.75, 3.05) is 16.8 Å². The molecular weight excluding hydrogens is 246 g/mol. The quantitative estimate of drug-likeness (QED) is 0.753. The van der Waals surface area contributed by atoms with Gasteiger partial charge in [0.25, 0.3) is 0 Å². The number of imidazole rings is 1. The zero-order valence-electron chi connectivity index (χ0n) is 9.76. The highest BCUT2D eigenvalue weighted by molar-refractivity contribution is 7.99. The van der Waals surface area contributed by atoms with Crippen molar-refractivity contribution < 1.29 is 0 Å². The largest absolute Gasteiger partial charge is 0.370 e. The van der Waals surface area contributed by atoms with Crippen molar-refractivity contribution in [3.63, 3.8) is 0 Å². The maximum absolute atomic E-state index is 5.90. The summed E-state index contributed by atoms with van der Waals surface area (Å²) in [5, 5.41) is 3.07. The molecule has 4 rings (SSSR count). The van der Waals surface area contributed by atoms with Crippen LogP contribution in [-0.4, -0.2) is 27.0 Å². The standard InChI is InChI=1S/C12H13N5S/c13-10-15-11-14-8-3-1-2-4-9(8)17(11)12(16-10)5-6-18-7-12/h1-4H,5-7H2,(H3,13,14,15,16). The molecule has 6 heteroatoms. The predicted molar refractivity (Wildman–Crippen MR) is 74.9 cm³/mol. The topological polar surface area (TPSA) is 68.2 Å². The summed E-state index contributed by atoms with van der Waals surface area (Å²) < 4.78 is 2.21. The molecule has 1 atom stereocenters. The Labute approximate surface area is 108 Å². The van der Waals surface area contributed by atoms with E-state index in [0.29, 0.717) is 5.96 Å². The molecule has 92 valence electrons. The first-order valence-corrected chi connectivity index (χ1v) is 7.12. The SMILES string of the molecule is NC1=NC2(CCSC2)n2c(nc3ccccc32)N1. The fraction of sp³-hybridized carbons (Fsp3) is 0.333. The minimum absolute atomic E-state index is 0.245. The Morgan fingerprint density at radius 1 is 1.39 bits per heavy atom. The zero-order valence-corrected chi connectivity index (χ0v) is 10.6. The number of anilines is 1. The van der Waals surface area contributed by atoms with Crippen LogP contribution >= 0.6 is 11.8 Å². The van der Waals surface area contributed by atoms with Gasteiger partial charge in [0.1, 0.15) is 0 Å². The summed E-state index contributed by atoms with van der Waals surface area (Å²) in [6.45, 7) is 0. The van der Waals surface area contributed by atoms with Crippen LogP contribution in [0.15, 0.2) is 29.3 Å². The van der Waals surface area contributed by atoms with E-state index in [1.807, 2.05) is 30.0 Å². The Bertz CT molecular complexity index is 654. The summed E-state index contributed by atoms with van der Waals surface area (Å²) in [5.74, 6) is 3.36. The van der Waals surface area contributed by atoms with E-state index < -0.39 is 0 Å². The van der Waals surface area contributed by atoms with Crippen LogP contribution in [0.1, 0.15) is 6.42 Å². The molecule has 3 heterocycles. The van der Waals surface area contributed by atoms with Crippen molar-refractivity contribution in [2.45, 2.75) is 12.1 Å². The van der Waals surface area contributed by atoms with Crippen LogP contribution < -0.4 is 11.1 Å². The van der Waals surface area contributed by atoms with Gasteiger partial charge in [-0.3, -0.25) is 9.88 Å². The molecule has 2 aromatic rings. The third kappa shape index (κ3) is 1.23. The van der Waals surface area contributed by atoms with Crippen LogP contribution in [0, 0.1) is 0 Å². The van der Waals surface area contributed by atoms with Crippen molar-refractivity contribution >= 4 is 34.7 Å². The smallest absolute Gasteiger partial charge is 0.212 e. The van der Waals surface area contributed by atoms with E-state index in [2.05, 4.69) is 25.9 Å². The highest BCUT2D eigenvalue weighted by atomic mass is 32.2. The second-order valence-corrected chi connectivity index (χ2v) is 5.77. The molecule has 1 fully saturated rings. The summed E-state index contributed by atoms with van der Waals surface area (Å²) in [4.78, 5) is 9.27. The summed E-state index contributed by atoms with van der Waals surface area (Å²) in [6.07, 6.45) is 1.01. The maximum atomic E-state index is 5.90. The Morgan fingerprint density at radius 3 is 3.11 bits per heavy atom. The monoisotopic (exact) mass is 259 g/mol. The van der Waals surface area contributed by atoms with Crippen molar-refractivity contribution in [3.8, 4) is 0 Å². The van der Waals surface area contributed by atoms with Gasteiger partial charge in [-0.25, -0.2) is 9.98 Å². The molecule has 2 aliphatic heterocycles. The number of thioether (sulfide) groups is 1. The van der Waals surface area contributed by atoms with Gasteiger partial charge in [0, 0.05) is 12.2 Å². The molecule has 0 amide bonds. The lowest BCUT2D eigenvalue weighted by molar-refractivity contribution is 0.355. The van der Waals surface area contributed by atoms with E-state index in [0.717, 1.165) is 34.9 Å². The highest BCUT2D eigenvalue weighted by Crippen LogP contribution is 2.42. The molecule has 0 bridgehead atoms. The first kappa shape index (κ1) is 10.3. The van der Waals surface area contributed by atoms with E-state index in [4.69, 9.17) is 5.73 Å². The molecule has 1 aromatic carbocycles. The van der Waals surface area contributed by atoms with Crippen LogP contribution in [0.2, 0.25) is 0 Å². The maximum Gasteiger partial charge on any atom is 0.212 e. The average molecular weight is 259 g/mol. The summed E-state index contributed by atoms with van der Waals surface area (Å²) in [5.41, 5.74) is 7.77. The number of benzene rings is 1. The Kier molecular flexibility index (Phi) is 1.94. The lowest BCUT2D eigenvalue weighted by atomic mass is 10.1. The number of aliphatic imine (C=N–C) groups is 1. The van der Waals surface area contributed by atoms with Crippen molar-refractivity contribution in [1.82, 2.24) is 9.55 Å². The van der Waals surface area contributed by atoms with Gasteiger partial charge in [-0.2, -0.15) is 11.8 Å². The number of rotatable bonds is 0. The van der Waals surface area contributed by atoms with E-state index >= 15 is 0 Å². The molecule has 1 aromatic heterocycles. The van der Waals surface area contributed by atoms with Crippen molar-refractivity contribution in [3.05, 3.63) is 24.3 Å². The van der Waals surface area contributed by atoms with Gasteiger partial charge in [0.05, 0.1) is 11.0 Å². The van der Waals surface area contributed by atoms with E-state index in [9.17, 15) is 0 Å². The Morgan fingerprint density at radius 2 is 2.28 bits per heavy atom. The van der Waals surface area contributed by atoms with Crippen LogP contribution in [0.5, 0.6) is 0 Å². The van der Waals surface area contributed by atoms with E-state index in [1.54, 1.807) is 0 Å². The number of hydrogen-bond acceptors (Lipinski definition) is 5. The van der Waals surface area contributed by atoms with Crippen LogP contribution in [0.25, 0.3) is 11.0 Å². The number of nitrogens with one attached hydrogen (secondary N) is 1. The molecule has 18 heavy (non-hydrogen) atoms. The molecule has 0 radical (unpaired) electrons. The molecule has 5 nitrogen and oxygen atoms in total. The van der Waals surface area contributed by atoms with Crippen LogP contribution in [0.4, 0.5) is 5.95 Å². The summed E-state index contributed by atoms with van der Waals surface area (Å²) >= 11 is 1.92. The molecular formula is C12H13N5S. The van der Waals surface area contributed by atoms with Gasteiger partial charge < -0.3 is 5.73 Å². The second kappa shape index (κ2) is 3.41. The lowest BCUT2D eigenvalue weighted by Gasteiger charge is -2.32. The zero-order chi connectivity index (χ0) is 12.2.